The number of nitro groups is 1. The quantitative estimate of drug-likeness (QED) is 0.0771. The number of halogens is 1. The lowest BCUT2D eigenvalue weighted by molar-refractivity contribution is -0.380. The molecule has 0 aliphatic heterocycles. The average molecular weight is 529 g/mol. The highest BCUT2D eigenvalue weighted by Gasteiger charge is 2.14. The molecule has 3 rings (SSSR count). The first-order chi connectivity index (χ1) is 17.4. The number of rotatable bonds is 12. The first-order valence-electron chi connectivity index (χ1n) is 11.2. The number of amides is 2. The molecule has 2 N–H and O–H groups in total. The van der Waals surface area contributed by atoms with Crippen molar-refractivity contribution in [2.75, 3.05) is 18.1 Å². The number of anilines is 1. The molecule has 0 saturated carbocycles. The van der Waals surface area contributed by atoms with E-state index in [2.05, 4.69) is 15.6 Å². The molecule has 11 heteroatoms. The van der Waals surface area contributed by atoms with E-state index in [0.29, 0.717) is 36.9 Å². The van der Waals surface area contributed by atoms with Gasteiger partial charge in [-0.15, -0.1) is 11.8 Å². The molecule has 0 spiro atoms. The predicted octanol–water partition coefficient (Wildman–Crippen LogP) is 5.77. The van der Waals surface area contributed by atoms with Crippen LogP contribution < -0.4 is 10.6 Å². The van der Waals surface area contributed by atoms with E-state index in [1.807, 2.05) is 30.5 Å². The highest BCUT2D eigenvalue weighted by Crippen LogP contribution is 2.25. The molecule has 36 heavy (non-hydrogen) atoms. The molecule has 188 valence electrons. The maximum Gasteiger partial charge on any atom is 0.345 e. The van der Waals surface area contributed by atoms with E-state index in [0.717, 1.165) is 28.0 Å². The molecule has 0 aliphatic rings. The van der Waals surface area contributed by atoms with E-state index in [9.17, 15) is 24.1 Å². The van der Waals surface area contributed by atoms with Crippen LogP contribution in [0.15, 0.2) is 59.6 Å². The summed E-state index contributed by atoms with van der Waals surface area (Å²) in [7, 11) is 0. The fourth-order valence-corrected chi connectivity index (χ4v) is 4.31. The zero-order chi connectivity index (χ0) is 25.9. The SMILES string of the molecule is CSc1ccc(C=C(C(=O)NCCCCCC(=O)Nc2ncc([N+](=O)[O-])s2)c2ccc(F)cc2)cc1. The lowest BCUT2D eigenvalue weighted by atomic mass is 10.0. The van der Waals surface area contributed by atoms with Crippen molar-refractivity contribution in [2.45, 2.75) is 30.6 Å². The second-order valence-electron chi connectivity index (χ2n) is 7.71. The number of thioether (sulfide) groups is 1. The predicted molar refractivity (Wildman–Crippen MR) is 141 cm³/mol. The molecule has 0 fully saturated rings. The number of carbonyl (C=O) groups is 2. The van der Waals surface area contributed by atoms with Gasteiger partial charge in [0.05, 0.1) is 4.92 Å². The van der Waals surface area contributed by atoms with E-state index < -0.39 is 4.92 Å². The number of benzene rings is 2. The van der Waals surface area contributed by atoms with Gasteiger partial charge in [0.25, 0.3) is 5.91 Å². The molecule has 2 aromatic carbocycles. The normalized spacial score (nSPS) is 11.2. The summed E-state index contributed by atoms with van der Waals surface area (Å²) in [5.74, 6) is -0.907. The molecule has 0 atom stereocenters. The summed E-state index contributed by atoms with van der Waals surface area (Å²) in [5.41, 5.74) is 1.91. The molecule has 0 radical (unpaired) electrons. The van der Waals surface area contributed by atoms with Crippen molar-refractivity contribution in [1.29, 1.82) is 0 Å². The first kappa shape index (κ1) is 27.0. The highest BCUT2D eigenvalue weighted by molar-refractivity contribution is 7.98. The monoisotopic (exact) mass is 528 g/mol. The summed E-state index contributed by atoms with van der Waals surface area (Å²) in [6.07, 6.45) is 7.09. The van der Waals surface area contributed by atoms with E-state index in [1.165, 1.54) is 12.1 Å². The molecule has 2 amide bonds. The van der Waals surface area contributed by atoms with Gasteiger partial charge in [-0.25, -0.2) is 9.37 Å². The maximum atomic E-state index is 13.4. The minimum Gasteiger partial charge on any atom is -0.352 e. The van der Waals surface area contributed by atoms with E-state index in [-0.39, 0.29) is 34.2 Å². The summed E-state index contributed by atoms with van der Waals surface area (Å²) in [6.45, 7) is 0.420. The Kier molecular flexibility index (Phi) is 10.1. The number of aromatic nitrogens is 1. The summed E-state index contributed by atoms with van der Waals surface area (Å²) >= 11 is 2.44. The molecule has 1 aromatic heterocycles. The Labute approximate surface area is 216 Å². The van der Waals surface area contributed by atoms with Crippen molar-refractivity contribution in [1.82, 2.24) is 10.3 Å². The van der Waals surface area contributed by atoms with Crippen LogP contribution in [0.5, 0.6) is 0 Å². The second-order valence-corrected chi connectivity index (χ2v) is 9.60. The molecule has 8 nitrogen and oxygen atoms in total. The minimum absolute atomic E-state index is 0.132. The minimum atomic E-state index is -0.556. The molecular weight excluding hydrogens is 503 g/mol. The van der Waals surface area contributed by atoms with Gasteiger partial charge < -0.3 is 10.6 Å². The summed E-state index contributed by atoms with van der Waals surface area (Å²) in [4.78, 5) is 40.0. The number of hydrogen-bond acceptors (Lipinski definition) is 7. The number of nitrogens with zero attached hydrogens (tertiary/aromatic N) is 2. The smallest absolute Gasteiger partial charge is 0.345 e. The number of hydrogen-bond donors (Lipinski definition) is 2. The number of thiazole rings is 1. The van der Waals surface area contributed by atoms with E-state index >= 15 is 0 Å². The van der Waals surface area contributed by atoms with Gasteiger partial charge in [0.15, 0.2) is 5.13 Å². The van der Waals surface area contributed by atoms with Gasteiger partial charge in [0.2, 0.25) is 5.91 Å². The molecule has 0 bridgehead atoms. The number of carbonyl (C=O) groups excluding carboxylic acids is 2. The average Bonchev–Trinajstić information content (AvgIpc) is 3.34. The van der Waals surface area contributed by atoms with Crippen LogP contribution >= 0.6 is 23.1 Å². The zero-order valence-corrected chi connectivity index (χ0v) is 21.2. The third kappa shape index (κ3) is 8.28. The summed E-state index contributed by atoms with van der Waals surface area (Å²) < 4.78 is 13.4. The van der Waals surface area contributed by atoms with Gasteiger partial charge in [-0.1, -0.05) is 30.7 Å². The molecular formula is C25H25FN4O4S2. The molecule has 0 aliphatic carbocycles. The van der Waals surface area contributed by atoms with E-state index in [1.54, 1.807) is 30.0 Å². The summed E-state index contributed by atoms with van der Waals surface area (Å²) in [5, 5.41) is 16.2. The van der Waals surface area contributed by atoms with Gasteiger partial charge in [0.1, 0.15) is 12.0 Å². The molecule has 1 heterocycles. The number of nitrogens with one attached hydrogen (secondary N) is 2. The van der Waals surface area contributed by atoms with Crippen molar-refractivity contribution in [3.05, 3.63) is 81.8 Å². The van der Waals surface area contributed by atoms with Crippen molar-refractivity contribution >= 4 is 56.7 Å². The molecule has 0 unspecified atom stereocenters. The fourth-order valence-electron chi connectivity index (χ4n) is 3.25. The Balaban J connectivity index is 1.49. The van der Waals surface area contributed by atoms with Crippen LogP contribution in [0.3, 0.4) is 0 Å². The summed E-state index contributed by atoms with van der Waals surface area (Å²) in [6, 6.07) is 13.6. The van der Waals surface area contributed by atoms with Crippen molar-refractivity contribution in [3.63, 3.8) is 0 Å². The van der Waals surface area contributed by atoms with Crippen molar-refractivity contribution in [3.8, 4) is 0 Å². The fraction of sp³-hybridized carbons (Fsp3) is 0.240. The van der Waals surface area contributed by atoms with Gasteiger partial charge in [0, 0.05) is 23.4 Å². The van der Waals surface area contributed by atoms with Crippen LogP contribution in [0.25, 0.3) is 11.6 Å². The van der Waals surface area contributed by atoms with Crippen molar-refractivity contribution < 1.29 is 18.9 Å². The Hall–Kier alpha value is -3.57. The van der Waals surface area contributed by atoms with Crippen LogP contribution in [0, 0.1) is 15.9 Å². The zero-order valence-electron chi connectivity index (χ0n) is 19.5. The van der Waals surface area contributed by atoms with Gasteiger partial charge >= 0.3 is 5.00 Å². The third-order valence-electron chi connectivity index (χ3n) is 5.11. The molecule has 3 aromatic rings. The highest BCUT2D eigenvalue weighted by atomic mass is 32.2. The standard InChI is InChI=1S/C25H25FN4O4S2/c1-35-20-12-6-17(7-13-20)15-21(18-8-10-19(26)11-9-18)24(32)27-14-4-2-3-5-22(31)29-25-28-16-23(36-25)30(33)34/h6-13,15-16H,2-5,14H2,1H3,(H,27,32)(H,28,29,31). The second kappa shape index (κ2) is 13.5. The van der Waals surface area contributed by atoms with Crippen LogP contribution in [0.2, 0.25) is 0 Å². The Morgan fingerprint density at radius 3 is 2.47 bits per heavy atom. The third-order valence-corrected chi connectivity index (χ3v) is 6.72. The van der Waals surface area contributed by atoms with Gasteiger partial charge in [-0.05, 0) is 71.9 Å². The lowest BCUT2D eigenvalue weighted by Crippen LogP contribution is -2.25. The van der Waals surface area contributed by atoms with Crippen LogP contribution in [-0.4, -0.2) is 34.5 Å². The van der Waals surface area contributed by atoms with Crippen LogP contribution in [0.1, 0.15) is 36.8 Å². The van der Waals surface area contributed by atoms with Gasteiger partial charge in [-0.2, -0.15) is 0 Å². The van der Waals surface area contributed by atoms with Gasteiger partial charge in [-0.3, -0.25) is 19.7 Å². The topological polar surface area (TPSA) is 114 Å². The largest absolute Gasteiger partial charge is 0.352 e. The first-order valence-corrected chi connectivity index (χ1v) is 13.2. The van der Waals surface area contributed by atoms with Crippen LogP contribution in [0.4, 0.5) is 14.5 Å². The lowest BCUT2D eigenvalue weighted by Gasteiger charge is -2.10. The Morgan fingerprint density at radius 1 is 1.11 bits per heavy atom. The number of unbranched alkanes of at least 4 members (excludes halogenated alkanes) is 2. The Morgan fingerprint density at radius 2 is 1.83 bits per heavy atom. The Bertz CT molecular complexity index is 1230. The van der Waals surface area contributed by atoms with E-state index in [4.69, 9.17) is 0 Å². The maximum absolute atomic E-state index is 13.4. The molecule has 0 saturated heterocycles. The van der Waals surface area contributed by atoms with Crippen LogP contribution in [-0.2, 0) is 9.59 Å². The van der Waals surface area contributed by atoms with Crippen molar-refractivity contribution in [2.24, 2.45) is 0 Å².